The van der Waals surface area contributed by atoms with Crippen LogP contribution in [0.15, 0.2) is 18.2 Å². The molecule has 0 spiro atoms. The predicted octanol–water partition coefficient (Wildman–Crippen LogP) is 2.52. The molecule has 5 rings (SSSR count). The first-order chi connectivity index (χ1) is 13.3. The van der Waals surface area contributed by atoms with Gasteiger partial charge in [0.05, 0.1) is 30.9 Å². The van der Waals surface area contributed by atoms with E-state index in [4.69, 9.17) is 14.2 Å². The lowest BCUT2D eigenvalue weighted by molar-refractivity contribution is -0.196. The normalized spacial score (nSPS) is 32.7. The monoisotopic (exact) mass is 389 g/mol. The van der Waals surface area contributed by atoms with E-state index >= 15 is 0 Å². The molecule has 0 aromatic heterocycles. The number of esters is 1. The number of benzene rings is 1. The van der Waals surface area contributed by atoms with Crippen molar-refractivity contribution < 1.29 is 28.9 Å². The number of carbonyl (C=O) groups excluding carboxylic acids is 2. The predicted molar refractivity (Wildman–Crippen MR) is 101 cm³/mol. The number of methoxy groups -OCH3 is 2. The van der Waals surface area contributed by atoms with E-state index in [1.54, 1.807) is 18.2 Å². The third-order valence-corrected chi connectivity index (χ3v) is 6.48. The molecule has 28 heavy (non-hydrogen) atoms. The molecule has 4 aliphatic rings. The summed E-state index contributed by atoms with van der Waals surface area (Å²) in [5.41, 5.74) is -0.918. The van der Waals surface area contributed by atoms with Gasteiger partial charge in [-0.25, -0.2) is 0 Å². The van der Waals surface area contributed by atoms with Crippen LogP contribution in [0, 0.1) is 17.3 Å². The van der Waals surface area contributed by atoms with Crippen LogP contribution in [0.2, 0.25) is 0 Å². The molecule has 2 N–H and O–H groups in total. The third-order valence-electron chi connectivity index (χ3n) is 6.48. The van der Waals surface area contributed by atoms with Crippen LogP contribution >= 0.6 is 0 Å². The van der Waals surface area contributed by atoms with Crippen molar-refractivity contribution in [3.63, 3.8) is 0 Å². The zero-order valence-electron chi connectivity index (χ0n) is 16.3. The molecule has 0 saturated heterocycles. The second-order valence-corrected chi connectivity index (χ2v) is 8.66. The maximum atomic E-state index is 12.9. The number of ether oxygens (including phenoxy) is 3. The van der Waals surface area contributed by atoms with E-state index in [2.05, 4.69) is 5.32 Å². The molecule has 152 valence electrons. The lowest BCUT2D eigenvalue weighted by atomic mass is 9.48. The first-order valence-corrected chi connectivity index (χ1v) is 9.76. The van der Waals surface area contributed by atoms with E-state index in [9.17, 15) is 14.7 Å². The summed E-state index contributed by atoms with van der Waals surface area (Å²) < 4.78 is 15.8. The minimum Gasteiger partial charge on any atom is -0.497 e. The number of hydrogen-bond donors (Lipinski definition) is 2. The highest BCUT2D eigenvalue weighted by Crippen LogP contribution is 2.61. The average Bonchev–Trinajstić information content (AvgIpc) is 2.64. The summed E-state index contributed by atoms with van der Waals surface area (Å²) in [6, 6.07) is 5.07. The van der Waals surface area contributed by atoms with Crippen molar-refractivity contribution in [3.05, 3.63) is 18.2 Å². The van der Waals surface area contributed by atoms with Gasteiger partial charge in [0.2, 0.25) is 0 Å². The molecule has 2 unspecified atom stereocenters. The first kappa shape index (κ1) is 19.1. The fourth-order valence-electron chi connectivity index (χ4n) is 5.84. The van der Waals surface area contributed by atoms with Gasteiger partial charge in [-0.1, -0.05) is 0 Å². The van der Waals surface area contributed by atoms with Gasteiger partial charge in [0, 0.05) is 6.07 Å². The van der Waals surface area contributed by atoms with Crippen molar-refractivity contribution in [1.82, 2.24) is 0 Å². The largest absolute Gasteiger partial charge is 0.497 e. The van der Waals surface area contributed by atoms with Gasteiger partial charge in [-0.2, -0.15) is 0 Å². The molecule has 2 atom stereocenters. The number of rotatable bonds is 6. The van der Waals surface area contributed by atoms with Gasteiger partial charge in [0.25, 0.3) is 5.91 Å². The molecular weight excluding hydrogens is 362 g/mol. The molecule has 7 nitrogen and oxygen atoms in total. The van der Waals surface area contributed by atoms with Gasteiger partial charge >= 0.3 is 5.97 Å². The van der Waals surface area contributed by atoms with Crippen LogP contribution in [0.25, 0.3) is 0 Å². The van der Waals surface area contributed by atoms with Crippen LogP contribution in [0.3, 0.4) is 0 Å². The maximum Gasteiger partial charge on any atom is 0.312 e. The topological polar surface area (TPSA) is 94.1 Å². The summed E-state index contributed by atoms with van der Waals surface area (Å²) >= 11 is 0. The van der Waals surface area contributed by atoms with Gasteiger partial charge < -0.3 is 24.6 Å². The minimum atomic E-state index is -0.737. The number of aliphatic hydroxyl groups is 1. The van der Waals surface area contributed by atoms with Crippen LogP contribution in [-0.4, -0.2) is 43.4 Å². The zero-order chi connectivity index (χ0) is 19.9. The summed E-state index contributed by atoms with van der Waals surface area (Å²) in [6.07, 6.45) is 4.64. The molecule has 4 aliphatic carbocycles. The Balaban J connectivity index is 1.38. The number of amides is 1. The van der Waals surface area contributed by atoms with Gasteiger partial charge in [-0.15, -0.1) is 0 Å². The van der Waals surface area contributed by atoms with E-state index in [0.717, 1.165) is 32.1 Å². The fraction of sp³-hybridized carbons (Fsp3) is 0.619. The maximum absolute atomic E-state index is 12.9. The van der Waals surface area contributed by atoms with E-state index in [0.29, 0.717) is 35.4 Å². The van der Waals surface area contributed by atoms with Crippen LogP contribution in [0.5, 0.6) is 11.5 Å². The van der Waals surface area contributed by atoms with Gasteiger partial charge in [-0.05, 0) is 62.5 Å². The number of hydrogen-bond acceptors (Lipinski definition) is 6. The van der Waals surface area contributed by atoms with E-state index in [1.807, 2.05) is 0 Å². The highest BCUT2D eigenvalue weighted by Gasteiger charge is 2.60. The molecule has 1 aromatic carbocycles. The van der Waals surface area contributed by atoms with Crippen molar-refractivity contribution >= 4 is 17.6 Å². The second kappa shape index (κ2) is 6.95. The molecule has 7 heteroatoms. The molecular formula is C21H27NO6. The molecule has 1 amide bonds. The van der Waals surface area contributed by atoms with E-state index < -0.39 is 16.9 Å². The summed E-state index contributed by atoms with van der Waals surface area (Å²) in [4.78, 5) is 25.2. The van der Waals surface area contributed by atoms with Crippen LogP contribution < -0.4 is 14.8 Å². The molecule has 0 heterocycles. The lowest BCUT2D eigenvalue weighted by Gasteiger charge is -2.58. The number of nitrogens with one attached hydrogen (secondary N) is 1. The highest BCUT2D eigenvalue weighted by molar-refractivity contribution is 5.94. The minimum absolute atomic E-state index is 0.354. The van der Waals surface area contributed by atoms with E-state index in [-0.39, 0.29) is 12.6 Å². The lowest BCUT2D eigenvalue weighted by Crippen LogP contribution is -2.58. The van der Waals surface area contributed by atoms with E-state index in [1.165, 1.54) is 14.2 Å². The van der Waals surface area contributed by atoms with Gasteiger partial charge in [0.15, 0.2) is 6.61 Å². The van der Waals surface area contributed by atoms with Crippen molar-refractivity contribution in [2.75, 3.05) is 26.1 Å². The number of anilines is 1. The Morgan fingerprint density at radius 1 is 1.14 bits per heavy atom. The zero-order valence-corrected chi connectivity index (χ0v) is 16.3. The fourth-order valence-corrected chi connectivity index (χ4v) is 5.84. The Morgan fingerprint density at radius 2 is 1.86 bits per heavy atom. The summed E-state index contributed by atoms with van der Waals surface area (Å²) in [6.45, 7) is -0.366. The molecule has 4 saturated carbocycles. The molecule has 4 fully saturated rings. The Bertz CT molecular complexity index is 777. The second-order valence-electron chi connectivity index (χ2n) is 8.66. The average molecular weight is 389 g/mol. The molecule has 4 bridgehead atoms. The molecule has 1 aromatic rings. The Morgan fingerprint density at radius 3 is 2.46 bits per heavy atom. The van der Waals surface area contributed by atoms with Crippen molar-refractivity contribution in [2.24, 2.45) is 17.3 Å². The smallest absolute Gasteiger partial charge is 0.312 e. The number of carbonyl (C=O) groups is 2. The Labute approximate surface area is 164 Å². The van der Waals surface area contributed by atoms with Crippen LogP contribution in [0.1, 0.15) is 38.5 Å². The quantitative estimate of drug-likeness (QED) is 0.726. The summed E-state index contributed by atoms with van der Waals surface area (Å²) in [5, 5.41) is 13.5. The van der Waals surface area contributed by atoms with Crippen molar-refractivity contribution in [1.29, 1.82) is 0 Å². The third kappa shape index (κ3) is 3.43. The summed E-state index contributed by atoms with van der Waals surface area (Å²) in [7, 11) is 3.05. The molecule has 0 radical (unpaired) electrons. The van der Waals surface area contributed by atoms with Crippen molar-refractivity contribution in [3.8, 4) is 11.5 Å². The van der Waals surface area contributed by atoms with Crippen LogP contribution in [-0.2, 0) is 14.3 Å². The van der Waals surface area contributed by atoms with Gasteiger partial charge in [0.1, 0.15) is 11.5 Å². The SMILES string of the molecule is COc1ccc(OC)c(NC(=O)COC(=O)C23CC4CC(CC(O)(C4)C2)C3)c1. The first-order valence-electron chi connectivity index (χ1n) is 9.76. The Kier molecular flexibility index (Phi) is 4.73. The summed E-state index contributed by atoms with van der Waals surface area (Å²) in [5.74, 6) is 1.04. The van der Waals surface area contributed by atoms with Crippen molar-refractivity contribution in [2.45, 2.75) is 44.1 Å². The Hall–Kier alpha value is -2.28. The standard InChI is InChI=1S/C21H27NO6/c1-26-15-3-4-17(27-2)16(6-15)22-18(23)11-28-19(24)20-7-13-5-14(8-20)10-21(25,9-13)12-20/h3-4,6,13-14,25H,5,7-12H2,1-2H3,(H,22,23). The molecule has 0 aliphatic heterocycles. The van der Waals surface area contributed by atoms with Crippen LogP contribution in [0.4, 0.5) is 5.69 Å². The highest BCUT2D eigenvalue weighted by atomic mass is 16.5. The van der Waals surface area contributed by atoms with Gasteiger partial charge in [-0.3, -0.25) is 9.59 Å².